The summed E-state index contributed by atoms with van der Waals surface area (Å²) in [5, 5.41) is 18.5. The number of imidazole rings is 2. The SMILES string of the molecule is CC[C@H](C)C(CC(=O)[C@H](Cc1cnc[nH]1)NC(=O)[C@H](Cc1ccccc1)NC(=O)[C@H]1CSCc2ccccc2CSC[C@@H](CC(=O)[C@@H](NCCC(C)C)C(C)C)C(=O)N[C@@H](CC(N)=O)C(=O)C[C@@H](C)C(=O)N1)C(=O)N[C@@H](Cc1c[nH]c2ccccc12)C(=O)C[C@@H](Cc1cnc[nH]1)C(N)=O. The van der Waals surface area contributed by atoms with Crippen LogP contribution in [0, 0.1) is 41.4 Å². The highest BCUT2D eigenvalue weighted by atomic mass is 32.2. The molecule has 0 saturated heterocycles. The van der Waals surface area contributed by atoms with Gasteiger partial charge in [0.15, 0.2) is 23.1 Å². The Hall–Kier alpha value is -8.75. The zero-order chi connectivity index (χ0) is 71.7. The number of aromatic amines is 3. The molecule has 0 aliphatic carbocycles. The minimum atomic E-state index is -1.44. The van der Waals surface area contributed by atoms with Gasteiger partial charge >= 0.3 is 0 Å². The van der Waals surface area contributed by atoms with Crippen molar-refractivity contribution in [2.24, 2.45) is 52.9 Å². The summed E-state index contributed by atoms with van der Waals surface area (Å²) in [6.07, 6.45) is 7.01. The number of H-pyrrole nitrogens is 3. The standard InChI is InChI=1S/C73H97N13O11S2/c1-8-44(6)55(71(95)83-57(27-50-33-79-56-21-15-14-20-54(50)56)63(88)28-49(68(75)92)26-52-34-76-40-80-52)31-64(89)58(30-53-35-77-41-81-53)84-72(96)60(25-46-16-10-9-11-17-46)85-73(97)61-39-99-37-48-19-13-12-18-47(48)36-98-38-51(29-65(90)67(43(4)5)78-23-22-42(2)3)70(94)82-59(32-66(74)91)62(87)24-45(7)69(93)86-61/h9-21,33-35,40-45,49,51,55,57-61,67,78-79H,8,22-32,36-39H2,1-7H3,(H2,74,91)(H2,75,92)(H,76,80)(H,77,81)(H,82,94)(H,83,95)(H,84,96)(H,85,97)(H,86,93)/t44-,45+,49+,51+,55?,57-,58-,59-,60-,61+,67-/m0/s1. The van der Waals surface area contributed by atoms with E-state index >= 15 is 14.4 Å². The van der Waals surface area contributed by atoms with Crippen molar-refractivity contribution in [3.63, 3.8) is 0 Å². The average Bonchev–Trinajstić information content (AvgIpc) is 1.77. The number of ketones is 4. The average molecular weight is 1400 g/mol. The summed E-state index contributed by atoms with van der Waals surface area (Å²) in [7, 11) is 0. The predicted molar refractivity (Wildman–Crippen MR) is 382 cm³/mol. The summed E-state index contributed by atoms with van der Waals surface area (Å²) < 4.78 is 0. The molecule has 7 rings (SSSR count). The molecule has 3 aromatic carbocycles. The minimum absolute atomic E-state index is 0.0166. The Morgan fingerprint density at radius 3 is 1.89 bits per heavy atom. The van der Waals surface area contributed by atoms with Crippen molar-refractivity contribution in [3.8, 4) is 0 Å². The van der Waals surface area contributed by atoms with E-state index in [-0.39, 0.29) is 61.7 Å². The fourth-order valence-electron chi connectivity index (χ4n) is 12.1. The molecule has 0 fully saturated rings. The molecule has 0 saturated carbocycles. The van der Waals surface area contributed by atoms with E-state index in [4.69, 9.17) is 11.5 Å². The number of carbonyl (C=O) groups is 11. The van der Waals surface area contributed by atoms with Crippen molar-refractivity contribution in [2.45, 2.75) is 167 Å². The molecule has 3 aromatic heterocycles. The number of nitrogens with zero attached hydrogens (tertiary/aromatic N) is 2. The Morgan fingerprint density at radius 1 is 0.646 bits per heavy atom. The van der Waals surface area contributed by atoms with Crippen LogP contribution in [-0.2, 0) is 89.9 Å². The van der Waals surface area contributed by atoms with Crippen LogP contribution in [0.25, 0.3) is 10.9 Å². The minimum Gasteiger partial charge on any atom is -0.370 e. The molecule has 0 spiro atoms. The Kier molecular flexibility index (Phi) is 30.2. The van der Waals surface area contributed by atoms with Crippen molar-refractivity contribution in [3.05, 3.63) is 144 Å². The first-order valence-electron chi connectivity index (χ1n) is 34.1. The molecule has 6 aromatic rings. The maximum absolute atomic E-state index is 15.1. The highest BCUT2D eigenvalue weighted by Gasteiger charge is 2.38. The van der Waals surface area contributed by atoms with Gasteiger partial charge in [-0.1, -0.05) is 128 Å². The third-order valence-corrected chi connectivity index (χ3v) is 20.5. The van der Waals surface area contributed by atoms with Crippen LogP contribution in [-0.4, -0.2) is 144 Å². The molecular formula is C73H97N13O11S2. The molecule has 0 radical (unpaired) electrons. The molecule has 4 heterocycles. The largest absolute Gasteiger partial charge is 0.370 e. The van der Waals surface area contributed by atoms with Crippen LogP contribution < -0.4 is 43.4 Å². The number of para-hydroxylation sites is 1. The second kappa shape index (κ2) is 38.6. The lowest BCUT2D eigenvalue weighted by molar-refractivity contribution is -0.136. The number of primary amides is 2. The van der Waals surface area contributed by atoms with Gasteiger partial charge in [0, 0.05) is 127 Å². The van der Waals surface area contributed by atoms with Gasteiger partial charge in [-0.2, -0.15) is 23.5 Å². The third-order valence-electron chi connectivity index (χ3n) is 18.2. The van der Waals surface area contributed by atoms with Gasteiger partial charge in [-0.05, 0) is 59.0 Å². The first-order valence-corrected chi connectivity index (χ1v) is 36.4. The lowest BCUT2D eigenvalue weighted by Gasteiger charge is -2.28. The van der Waals surface area contributed by atoms with Gasteiger partial charge in [0.05, 0.1) is 55.1 Å². The van der Waals surface area contributed by atoms with E-state index in [1.54, 1.807) is 36.5 Å². The summed E-state index contributed by atoms with van der Waals surface area (Å²) in [6, 6.07) is 16.9. The van der Waals surface area contributed by atoms with Gasteiger partial charge in [0.25, 0.3) is 0 Å². The van der Waals surface area contributed by atoms with E-state index in [2.05, 4.69) is 70.7 Å². The topological polar surface area (TPSA) is 385 Å². The second-order valence-corrected chi connectivity index (χ2v) is 28.9. The number of aromatic nitrogens is 5. The Balaban J connectivity index is 1.14. The van der Waals surface area contributed by atoms with Crippen LogP contribution in [0.4, 0.5) is 0 Å². The van der Waals surface area contributed by atoms with E-state index in [0.717, 1.165) is 34.0 Å². The smallest absolute Gasteiger partial charge is 0.244 e. The highest BCUT2D eigenvalue weighted by molar-refractivity contribution is 7.98. The summed E-state index contributed by atoms with van der Waals surface area (Å²) in [4.78, 5) is 175. The number of rotatable bonds is 33. The lowest BCUT2D eigenvalue weighted by atomic mass is 9.84. The maximum atomic E-state index is 15.1. The molecular weight excluding hydrogens is 1300 g/mol. The summed E-state index contributed by atoms with van der Waals surface area (Å²) in [6.45, 7) is 13.8. The number of fused-ring (bicyclic) bond motifs is 2. The van der Waals surface area contributed by atoms with Crippen LogP contribution >= 0.6 is 23.5 Å². The van der Waals surface area contributed by atoms with E-state index in [1.807, 2.05) is 76.2 Å². The number of hydrogen-bond donors (Lipinski definition) is 11. The summed E-state index contributed by atoms with van der Waals surface area (Å²) in [5.41, 5.74) is 16.6. The predicted octanol–water partition coefficient (Wildman–Crippen LogP) is 5.88. The molecule has 24 nitrogen and oxygen atoms in total. The van der Waals surface area contributed by atoms with Gasteiger partial charge < -0.3 is 58.3 Å². The van der Waals surface area contributed by atoms with E-state index < -0.39 is 144 Å². The molecule has 1 aliphatic rings. The zero-order valence-corrected chi connectivity index (χ0v) is 59.2. The molecule has 99 heavy (non-hydrogen) atoms. The summed E-state index contributed by atoms with van der Waals surface area (Å²) in [5.74, 6) is -10.0. The van der Waals surface area contributed by atoms with E-state index in [9.17, 15) is 38.4 Å². The first-order chi connectivity index (χ1) is 47.4. The van der Waals surface area contributed by atoms with Crippen molar-refractivity contribution < 1.29 is 52.7 Å². The number of benzene rings is 3. The number of amides is 7. The van der Waals surface area contributed by atoms with E-state index in [0.29, 0.717) is 47.3 Å². The normalized spacial score (nSPS) is 18.8. The quantitative estimate of drug-likeness (QED) is 0.0229. The van der Waals surface area contributed by atoms with Crippen LogP contribution in [0.5, 0.6) is 0 Å². The van der Waals surface area contributed by atoms with E-state index in [1.165, 1.54) is 55.5 Å². The molecule has 11 atom stereocenters. The number of thioether (sulfide) groups is 2. The van der Waals surface area contributed by atoms with Crippen molar-refractivity contribution in [2.75, 3.05) is 18.1 Å². The number of nitrogens with two attached hydrogens (primary N) is 2. The fourth-order valence-corrected chi connectivity index (χ4v) is 14.3. The van der Waals surface area contributed by atoms with Crippen LogP contribution in [0.1, 0.15) is 127 Å². The number of carbonyl (C=O) groups excluding carboxylic acids is 11. The zero-order valence-electron chi connectivity index (χ0n) is 57.6. The molecule has 1 aliphatic heterocycles. The first kappa shape index (κ1) is 77.6. The molecule has 532 valence electrons. The number of Topliss-reactive ketones (excluding diaryl/α,β-unsaturated/α-hetero) is 4. The molecule has 7 amide bonds. The Morgan fingerprint density at radius 2 is 1.26 bits per heavy atom. The fraction of sp³-hybridized carbons (Fsp3) is 0.493. The Labute approximate surface area is 587 Å². The number of nitrogens with one attached hydrogen (secondary N) is 9. The maximum Gasteiger partial charge on any atom is 0.244 e. The molecule has 1 unspecified atom stereocenters. The second-order valence-electron chi connectivity index (χ2n) is 26.8. The van der Waals surface area contributed by atoms with Gasteiger partial charge in [0.2, 0.25) is 41.4 Å². The van der Waals surface area contributed by atoms with Gasteiger partial charge in [-0.15, -0.1) is 0 Å². The van der Waals surface area contributed by atoms with Gasteiger partial charge in [-0.25, -0.2) is 9.97 Å². The van der Waals surface area contributed by atoms with Crippen molar-refractivity contribution in [1.29, 1.82) is 0 Å². The van der Waals surface area contributed by atoms with Gasteiger partial charge in [0.1, 0.15) is 12.1 Å². The molecule has 13 N–H and O–H groups in total. The van der Waals surface area contributed by atoms with Gasteiger partial charge in [-0.3, -0.25) is 52.7 Å². The lowest BCUT2D eigenvalue weighted by Crippen LogP contribution is -2.58. The number of hydrogen-bond acceptors (Lipinski definition) is 16. The molecule has 26 heteroatoms. The molecule has 0 bridgehead atoms. The van der Waals surface area contributed by atoms with Crippen molar-refractivity contribution in [1.82, 2.24) is 56.8 Å². The van der Waals surface area contributed by atoms with Crippen LogP contribution in [0.2, 0.25) is 0 Å². The highest BCUT2D eigenvalue weighted by Crippen LogP contribution is 2.28. The monoisotopic (exact) mass is 1400 g/mol. The van der Waals surface area contributed by atoms with Crippen LogP contribution in [0.15, 0.2) is 110 Å². The third kappa shape index (κ3) is 24.0. The van der Waals surface area contributed by atoms with Crippen LogP contribution in [0.3, 0.4) is 0 Å². The summed E-state index contributed by atoms with van der Waals surface area (Å²) >= 11 is 2.78. The van der Waals surface area contributed by atoms with Crippen molar-refractivity contribution >= 4 is 98.9 Å². The Bertz CT molecular complexity index is 3690.